The summed E-state index contributed by atoms with van der Waals surface area (Å²) in [5, 5.41) is 0. The van der Waals surface area contributed by atoms with Crippen molar-refractivity contribution >= 4 is 5.91 Å². The van der Waals surface area contributed by atoms with Crippen molar-refractivity contribution in [2.24, 2.45) is 11.7 Å². The SMILES string of the molecule is CCCC1CCCN(C(=O)C2(N)CCOCC2)CC1. The molecule has 1 unspecified atom stereocenters. The van der Waals surface area contributed by atoms with Crippen molar-refractivity contribution in [3.8, 4) is 0 Å². The van der Waals surface area contributed by atoms with Crippen LogP contribution >= 0.6 is 0 Å². The topological polar surface area (TPSA) is 55.6 Å². The van der Waals surface area contributed by atoms with E-state index in [-0.39, 0.29) is 5.91 Å². The first-order chi connectivity index (χ1) is 9.15. The van der Waals surface area contributed by atoms with Crippen LogP contribution in [0.5, 0.6) is 0 Å². The Morgan fingerprint density at radius 1 is 1.32 bits per heavy atom. The number of hydrogen-bond acceptors (Lipinski definition) is 3. The Kier molecular flexibility index (Phi) is 5.22. The fourth-order valence-electron chi connectivity index (χ4n) is 3.33. The summed E-state index contributed by atoms with van der Waals surface area (Å²) in [6, 6.07) is 0. The highest BCUT2D eigenvalue weighted by Gasteiger charge is 2.39. The Bertz CT molecular complexity index is 301. The molecule has 0 bridgehead atoms. The standard InChI is InChI=1S/C15H28N2O2/c1-2-4-13-5-3-9-17(10-6-13)14(18)15(16)7-11-19-12-8-15/h13H,2-12,16H2,1H3. The van der Waals surface area contributed by atoms with Gasteiger partial charge in [0.2, 0.25) is 5.91 Å². The van der Waals surface area contributed by atoms with Gasteiger partial charge in [0.1, 0.15) is 0 Å². The summed E-state index contributed by atoms with van der Waals surface area (Å²) in [6.45, 7) is 5.26. The van der Waals surface area contributed by atoms with Gasteiger partial charge in [-0.1, -0.05) is 19.8 Å². The molecular weight excluding hydrogens is 240 g/mol. The Hall–Kier alpha value is -0.610. The molecule has 2 rings (SSSR count). The van der Waals surface area contributed by atoms with Crippen LogP contribution in [0.1, 0.15) is 51.9 Å². The summed E-state index contributed by atoms with van der Waals surface area (Å²) in [5.74, 6) is 0.958. The third kappa shape index (κ3) is 3.69. The Morgan fingerprint density at radius 3 is 2.74 bits per heavy atom. The summed E-state index contributed by atoms with van der Waals surface area (Å²) in [5.41, 5.74) is 5.64. The highest BCUT2D eigenvalue weighted by atomic mass is 16.5. The van der Waals surface area contributed by atoms with Crippen LogP contribution in [-0.2, 0) is 9.53 Å². The number of ether oxygens (including phenoxy) is 1. The average molecular weight is 268 g/mol. The van der Waals surface area contributed by atoms with Crippen molar-refractivity contribution in [3.63, 3.8) is 0 Å². The number of carbonyl (C=O) groups is 1. The number of amides is 1. The smallest absolute Gasteiger partial charge is 0.242 e. The van der Waals surface area contributed by atoms with Gasteiger partial charge in [-0.3, -0.25) is 4.79 Å². The van der Waals surface area contributed by atoms with Gasteiger partial charge in [-0.25, -0.2) is 0 Å². The normalized spacial score (nSPS) is 27.9. The largest absolute Gasteiger partial charge is 0.381 e. The zero-order valence-electron chi connectivity index (χ0n) is 12.2. The minimum atomic E-state index is -0.664. The molecule has 2 fully saturated rings. The zero-order chi connectivity index (χ0) is 13.7. The van der Waals surface area contributed by atoms with Gasteiger partial charge in [0.25, 0.3) is 0 Å². The van der Waals surface area contributed by atoms with Crippen molar-refractivity contribution in [1.82, 2.24) is 4.90 Å². The second-order valence-corrected chi connectivity index (χ2v) is 6.15. The van der Waals surface area contributed by atoms with E-state index in [0.717, 1.165) is 31.8 Å². The lowest BCUT2D eigenvalue weighted by Crippen LogP contribution is -2.58. The molecule has 0 aromatic rings. The van der Waals surface area contributed by atoms with Crippen LogP contribution in [-0.4, -0.2) is 42.6 Å². The van der Waals surface area contributed by atoms with Crippen LogP contribution in [0.15, 0.2) is 0 Å². The molecule has 2 saturated heterocycles. The first kappa shape index (κ1) is 14.8. The first-order valence-corrected chi connectivity index (χ1v) is 7.82. The van der Waals surface area contributed by atoms with E-state index in [0.29, 0.717) is 26.1 Å². The third-order valence-corrected chi connectivity index (χ3v) is 4.64. The van der Waals surface area contributed by atoms with E-state index in [4.69, 9.17) is 10.5 Å². The number of nitrogens with zero attached hydrogens (tertiary/aromatic N) is 1. The zero-order valence-corrected chi connectivity index (χ0v) is 12.2. The van der Waals surface area contributed by atoms with Crippen LogP contribution in [0.2, 0.25) is 0 Å². The first-order valence-electron chi connectivity index (χ1n) is 7.82. The lowest BCUT2D eigenvalue weighted by Gasteiger charge is -2.36. The van der Waals surface area contributed by atoms with Crippen molar-refractivity contribution in [2.75, 3.05) is 26.3 Å². The lowest BCUT2D eigenvalue weighted by atomic mass is 9.89. The van der Waals surface area contributed by atoms with Gasteiger partial charge in [-0.05, 0) is 38.0 Å². The predicted octanol–water partition coefficient (Wildman–Crippen LogP) is 1.92. The molecule has 0 spiro atoms. The minimum Gasteiger partial charge on any atom is -0.381 e. The fourth-order valence-corrected chi connectivity index (χ4v) is 3.33. The summed E-state index contributed by atoms with van der Waals surface area (Å²) in [6.07, 6.45) is 7.41. The van der Waals surface area contributed by atoms with Crippen LogP contribution in [0.3, 0.4) is 0 Å². The van der Waals surface area contributed by atoms with Gasteiger partial charge in [0.05, 0.1) is 5.54 Å². The van der Waals surface area contributed by atoms with Gasteiger partial charge < -0.3 is 15.4 Å². The maximum atomic E-state index is 12.6. The van der Waals surface area contributed by atoms with Crippen LogP contribution in [0.25, 0.3) is 0 Å². The van der Waals surface area contributed by atoms with E-state index in [1.165, 1.54) is 19.3 Å². The number of likely N-dealkylation sites (tertiary alicyclic amines) is 1. The summed E-state index contributed by atoms with van der Waals surface area (Å²) in [7, 11) is 0. The van der Waals surface area contributed by atoms with Crippen molar-refractivity contribution in [3.05, 3.63) is 0 Å². The molecule has 2 aliphatic heterocycles. The molecule has 2 heterocycles. The molecular formula is C15H28N2O2. The maximum Gasteiger partial charge on any atom is 0.242 e. The van der Waals surface area contributed by atoms with Crippen LogP contribution < -0.4 is 5.73 Å². The molecule has 110 valence electrons. The predicted molar refractivity (Wildman–Crippen MR) is 75.8 cm³/mol. The van der Waals surface area contributed by atoms with E-state index in [1.807, 2.05) is 4.90 Å². The Morgan fingerprint density at radius 2 is 2.05 bits per heavy atom. The van der Waals surface area contributed by atoms with E-state index in [1.54, 1.807) is 0 Å². The van der Waals surface area contributed by atoms with Gasteiger partial charge in [0.15, 0.2) is 0 Å². The molecule has 0 saturated carbocycles. The van der Waals surface area contributed by atoms with Crippen molar-refractivity contribution in [2.45, 2.75) is 57.4 Å². The van der Waals surface area contributed by atoms with E-state index in [9.17, 15) is 4.79 Å². The van der Waals surface area contributed by atoms with Crippen molar-refractivity contribution in [1.29, 1.82) is 0 Å². The van der Waals surface area contributed by atoms with Crippen molar-refractivity contribution < 1.29 is 9.53 Å². The number of hydrogen-bond donors (Lipinski definition) is 1. The van der Waals surface area contributed by atoms with Gasteiger partial charge in [-0.2, -0.15) is 0 Å². The minimum absolute atomic E-state index is 0.160. The molecule has 0 aromatic heterocycles. The fraction of sp³-hybridized carbons (Fsp3) is 0.933. The third-order valence-electron chi connectivity index (χ3n) is 4.64. The quantitative estimate of drug-likeness (QED) is 0.851. The molecule has 1 atom stereocenters. The Labute approximate surface area is 116 Å². The van der Waals surface area contributed by atoms with E-state index >= 15 is 0 Å². The molecule has 0 aliphatic carbocycles. The highest BCUT2D eigenvalue weighted by molar-refractivity contribution is 5.86. The van der Waals surface area contributed by atoms with E-state index < -0.39 is 5.54 Å². The number of nitrogens with two attached hydrogens (primary N) is 1. The number of rotatable bonds is 3. The summed E-state index contributed by atoms with van der Waals surface area (Å²) in [4.78, 5) is 14.7. The maximum absolute atomic E-state index is 12.6. The summed E-state index contributed by atoms with van der Waals surface area (Å²) >= 11 is 0. The van der Waals surface area contributed by atoms with Gasteiger partial charge in [-0.15, -0.1) is 0 Å². The van der Waals surface area contributed by atoms with Crippen LogP contribution in [0.4, 0.5) is 0 Å². The lowest BCUT2D eigenvalue weighted by molar-refractivity contribution is -0.140. The Balaban J connectivity index is 1.92. The van der Waals surface area contributed by atoms with E-state index in [2.05, 4.69) is 6.92 Å². The van der Waals surface area contributed by atoms with Crippen LogP contribution in [0, 0.1) is 5.92 Å². The molecule has 2 N–H and O–H groups in total. The van der Waals surface area contributed by atoms with Gasteiger partial charge >= 0.3 is 0 Å². The molecule has 0 radical (unpaired) electrons. The van der Waals surface area contributed by atoms with Gasteiger partial charge in [0, 0.05) is 26.3 Å². The molecule has 1 amide bonds. The number of carbonyl (C=O) groups excluding carboxylic acids is 1. The summed E-state index contributed by atoms with van der Waals surface area (Å²) < 4.78 is 5.33. The molecule has 0 aromatic carbocycles. The molecule has 19 heavy (non-hydrogen) atoms. The average Bonchev–Trinajstić information content (AvgIpc) is 2.65. The second kappa shape index (κ2) is 6.71. The monoisotopic (exact) mass is 268 g/mol. The molecule has 2 aliphatic rings. The highest BCUT2D eigenvalue weighted by Crippen LogP contribution is 2.25. The molecule has 4 nitrogen and oxygen atoms in total. The second-order valence-electron chi connectivity index (χ2n) is 6.15. The molecule has 4 heteroatoms.